The molecule has 5 N–H and O–H groups in total. The van der Waals surface area contributed by atoms with E-state index in [1.165, 1.54) is 6.07 Å². The number of phenols is 2. The van der Waals surface area contributed by atoms with Crippen LogP contribution in [0, 0.1) is 6.92 Å². The van der Waals surface area contributed by atoms with Crippen LogP contribution in [0.2, 0.25) is 0 Å². The average molecular weight is 197 g/mol. The first-order valence-corrected chi connectivity index (χ1v) is 3.96. The molecule has 0 atom stereocenters. The molecule has 0 heterocycles. The molecule has 0 unspecified atom stereocenters. The molecule has 0 aliphatic carbocycles. The van der Waals surface area contributed by atoms with Crippen LogP contribution in [-0.2, 0) is 6.54 Å². The van der Waals surface area contributed by atoms with Crippen LogP contribution in [0.15, 0.2) is 6.07 Å². The highest BCUT2D eigenvalue weighted by Crippen LogP contribution is 2.32. The van der Waals surface area contributed by atoms with E-state index in [2.05, 4.69) is 0 Å². The average Bonchev–Trinajstić information content (AvgIpc) is 2.10. The first-order chi connectivity index (χ1) is 6.49. The zero-order valence-electron chi connectivity index (χ0n) is 7.61. The van der Waals surface area contributed by atoms with E-state index < -0.39 is 23.0 Å². The fourth-order valence-corrected chi connectivity index (χ4v) is 1.23. The Labute approximate surface area is 80.4 Å². The highest BCUT2D eigenvalue weighted by atomic mass is 16.4. The summed E-state index contributed by atoms with van der Waals surface area (Å²) in [5.41, 5.74) is 5.75. The lowest BCUT2D eigenvalue weighted by atomic mass is 10.0. The van der Waals surface area contributed by atoms with Crippen molar-refractivity contribution in [3.05, 3.63) is 22.8 Å². The maximum absolute atomic E-state index is 10.6. The van der Waals surface area contributed by atoms with Crippen LogP contribution in [0.25, 0.3) is 0 Å². The van der Waals surface area contributed by atoms with Crippen molar-refractivity contribution in [1.82, 2.24) is 0 Å². The number of aromatic carboxylic acids is 1. The van der Waals surface area contributed by atoms with Crippen LogP contribution in [-0.4, -0.2) is 21.3 Å². The molecule has 0 bridgehead atoms. The largest absolute Gasteiger partial charge is 0.507 e. The van der Waals surface area contributed by atoms with Gasteiger partial charge in [-0.25, -0.2) is 4.79 Å². The third-order valence-corrected chi connectivity index (χ3v) is 2.07. The van der Waals surface area contributed by atoms with Crippen LogP contribution >= 0.6 is 0 Å². The second kappa shape index (κ2) is 3.55. The summed E-state index contributed by atoms with van der Waals surface area (Å²) in [4.78, 5) is 10.6. The lowest BCUT2D eigenvalue weighted by Crippen LogP contribution is -2.04. The molecule has 0 aromatic heterocycles. The smallest absolute Gasteiger partial charge is 0.343 e. The quantitative estimate of drug-likeness (QED) is 0.554. The summed E-state index contributed by atoms with van der Waals surface area (Å²) < 4.78 is 0. The lowest BCUT2D eigenvalue weighted by Gasteiger charge is -2.09. The van der Waals surface area contributed by atoms with Gasteiger partial charge in [0.15, 0.2) is 0 Å². The molecular weight excluding hydrogens is 186 g/mol. The number of rotatable bonds is 2. The predicted molar refractivity (Wildman–Crippen MR) is 49.4 cm³/mol. The van der Waals surface area contributed by atoms with Gasteiger partial charge in [-0.15, -0.1) is 0 Å². The van der Waals surface area contributed by atoms with E-state index in [4.69, 9.17) is 10.8 Å². The van der Waals surface area contributed by atoms with Gasteiger partial charge in [0.1, 0.15) is 17.1 Å². The molecule has 76 valence electrons. The SMILES string of the molecule is Cc1c(CN)cc(O)c(C(=O)O)c1O. The zero-order chi connectivity index (χ0) is 10.9. The second-order valence-electron chi connectivity index (χ2n) is 2.91. The number of benzene rings is 1. The normalized spacial score (nSPS) is 10.1. The Morgan fingerprint density at radius 1 is 1.50 bits per heavy atom. The van der Waals surface area contributed by atoms with E-state index in [9.17, 15) is 15.0 Å². The molecule has 1 aromatic carbocycles. The van der Waals surface area contributed by atoms with E-state index in [0.717, 1.165) is 0 Å². The van der Waals surface area contributed by atoms with Gasteiger partial charge >= 0.3 is 5.97 Å². The van der Waals surface area contributed by atoms with Crippen LogP contribution < -0.4 is 5.73 Å². The Morgan fingerprint density at radius 2 is 2.07 bits per heavy atom. The van der Waals surface area contributed by atoms with Crippen molar-refractivity contribution < 1.29 is 20.1 Å². The number of aromatic hydroxyl groups is 2. The minimum Gasteiger partial charge on any atom is -0.507 e. The first-order valence-electron chi connectivity index (χ1n) is 3.96. The van der Waals surface area contributed by atoms with Crippen molar-refractivity contribution >= 4 is 5.97 Å². The van der Waals surface area contributed by atoms with E-state index in [1.807, 2.05) is 0 Å². The molecule has 0 saturated carbocycles. The molecule has 14 heavy (non-hydrogen) atoms. The molecule has 1 aromatic rings. The van der Waals surface area contributed by atoms with Crippen molar-refractivity contribution in [3.8, 4) is 11.5 Å². The number of carbonyl (C=O) groups is 1. The van der Waals surface area contributed by atoms with Crippen molar-refractivity contribution in [2.45, 2.75) is 13.5 Å². The van der Waals surface area contributed by atoms with Crippen LogP contribution in [0.3, 0.4) is 0 Å². The minimum absolute atomic E-state index is 0.132. The maximum atomic E-state index is 10.6. The topological polar surface area (TPSA) is 104 Å². The molecule has 0 saturated heterocycles. The number of nitrogens with two attached hydrogens (primary N) is 1. The molecular formula is C9H11NO4. The standard InChI is InChI=1S/C9H11NO4/c1-4-5(3-10)2-6(11)7(8(4)12)9(13)14/h2,11-12H,3,10H2,1H3,(H,13,14). The van der Waals surface area contributed by atoms with E-state index in [1.54, 1.807) is 6.92 Å². The van der Waals surface area contributed by atoms with Gasteiger partial charge in [-0.2, -0.15) is 0 Å². The molecule has 0 aliphatic rings. The number of carboxylic acid groups (broad SMARTS) is 1. The molecule has 0 spiro atoms. The summed E-state index contributed by atoms with van der Waals surface area (Å²) in [6.45, 7) is 1.68. The fourth-order valence-electron chi connectivity index (χ4n) is 1.23. The van der Waals surface area contributed by atoms with Crippen molar-refractivity contribution in [2.75, 3.05) is 0 Å². The predicted octanol–water partition coefficient (Wildman–Crippen LogP) is 0.563. The Bertz CT molecular complexity index is 387. The first kappa shape index (κ1) is 10.3. The fraction of sp³-hybridized carbons (Fsp3) is 0.222. The Hall–Kier alpha value is -1.75. The van der Waals surface area contributed by atoms with Crippen molar-refractivity contribution in [1.29, 1.82) is 0 Å². The highest BCUT2D eigenvalue weighted by Gasteiger charge is 2.19. The van der Waals surface area contributed by atoms with Gasteiger partial charge in [-0.3, -0.25) is 0 Å². The summed E-state index contributed by atoms with van der Waals surface area (Å²) in [6.07, 6.45) is 0. The Kier molecular flexibility index (Phi) is 2.62. The van der Waals surface area contributed by atoms with Gasteiger partial charge in [0, 0.05) is 6.54 Å². The summed E-state index contributed by atoms with van der Waals surface area (Å²) in [7, 11) is 0. The van der Waals surface area contributed by atoms with Crippen LogP contribution in [0.5, 0.6) is 11.5 Å². The van der Waals surface area contributed by atoms with Gasteiger partial charge in [-0.05, 0) is 24.1 Å². The highest BCUT2D eigenvalue weighted by molar-refractivity contribution is 5.94. The summed E-state index contributed by atoms with van der Waals surface area (Å²) >= 11 is 0. The number of carboxylic acids is 1. The van der Waals surface area contributed by atoms with Crippen LogP contribution in [0.4, 0.5) is 0 Å². The van der Waals surface area contributed by atoms with Gasteiger partial charge in [0.05, 0.1) is 0 Å². The van der Waals surface area contributed by atoms with Crippen molar-refractivity contribution in [3.63, 3.8) is 0 Å². The third-order valence-electron chi connectivity index (χ3n) is 2.07. The molecule has 1 rings (SSSR count). The third kappa shape index (κ3) is 1.49. The molecule has 0 radical (unpaired) electrons. The van der Waals surface area contributed by atoms with Crippen LogP contribution in [0.1, 0.15) is 21.5 Å². The summed E-state index contributed by atoms with van der Waals surface area (Å²) in [5, 5.41) is 27.4. The van der Waals surface area contributed by atoms with E-state index in [-0.39, 0.29) is 6.54 Å². The Morgan fingerprint density at radius 3 is 2.50 bits per heavy atom. The number of hydrogen-bond donors (Lipinski definition) is 4. The zero-order valence-corrected chi connectivity index (χ0v) is 7.61. The summed E-state index contributed by atoms with van der Waals surface area (Å²) in [5.74, 6) is -2.27. The summed E-state index contributed by atoms with van der Waals surface area (Å²) in [6, 6.07) is 1.25. The Balaban J connectivity index is 3.49. The number of hydrogen-bond acceptors (Lipinski definition) is 4. The molecule has 0 aliphatic heterocycles. The van der Waals surface area contributed by atoms with Crippen molar-refractivity contribution in [2.24, 2.45) is 5.73 Å². The van der Waals surface area contributed by atoms with Gasteiger partial charge in [0.2, 0.25) is 0 Å². The molecule has 5 heteroatoms. The lowest BCUT2D eigenvalue weighted by molar-refractivity contribution is 0.0690. The van der Waals surface area contributed by atoms with E-state index >= 15 is 0 Å². The maximum Gasteiger partial charge on any atom is 0.343 e. The van der Waals surface area contributed by atoms with Gasteiger partial charge < -0.3 is 21.1 Å². The molecule has 0 amide bonds. The monoisotopic (exact) mass is 197 g/mol. The minimum atomic E-state index is -1.37. The van der Waals surface area contributed by atoms with Gasteiger partial charge in [-0.1, -0.05) is 0 Å². The van der Waals surface area contributed by atoms with Gasteiger partial charge in [0.25, 0.3) is 0 Å². The second-order valence-corrected chi connectivity index (χ2v) is 2.91. The molecule has 0 fully saturated rings. The molecule has 5 nitrogen and oxygen atoms in total. The van der Waals surface area contributed by atoms with E-state index in [0.29, 0.717) is 11.1 Å².